The number of nitrogens with one attached hydrogen (secondary N) is 1. The van der Waals surface area contributed by atoms with Gasteiger partial charge in [-0.25, -0.2) is 4.79 Å². The smallest absolute Gasteiger partial charge is 0.335 e. The number of carboxylic acid groups (broad SMARTS) is 1. The number of hydrogen-bond acceptors (Lipinski definition) is 3. The molecule has 0 spiro atoms. The molecule has 5 heteroatoms. The number of H-pyrrole nitrogens is 1. The van der Waals surface area contributed by atoms with Gasteiger partial charge >= 0.3 is 5.97 Å². The van der Waals surface area contributed by atoms with E-state index in [0.29, 0.717) is 12.0 Å². The van der Waals surface area contributed by atoms with Crippen molar-refractivity contribution < 1.29 is 15.0 Å². The van der Waals surface area contributed by atoms with Crippen LogP contribution in [-0.4, -0.2) is 21.2 Å². The van der Waals surface area contributed by atoms with E-state index in [4.69, 9.17) is 0 Å². The quantitative estimate of drug-likeness (QED) is 0.315. The number of phenols is 1. The Morgan fingerprint density at radius 2 is 1.50 bits per heavy atom. The molecule has 1 aromatic heterocycles. The summed E-state index contributed by atoms with van der Waals surface area (Å²) in [5.74, 6) is -0.751. The van der Waals surface area contributed by atoms with Crippen LogP contribution in [0, 0.1) is 0 Å². The minimum Gasteiger partial charge on any atom is -0.507 e. The SMILES string of the molecule is O=C(O)c1cccc(Cc2cc3cc(-c4ccc(-c5ccccc5O)cc4)ccc3[nH]c2=O)c1. The van der Waals surface area contributed by atoms with Crippen LogP contribution in [0.15, 0.2) is 102 Å². The average molecular weight is 447 g/mol. The summed E-state index contributed by atoms with van der Waals surface area (Å²) in [6.07, 6.45) is 0.339. The van der Waals surface area contributed by atoms with Gasteiger partial charge in [-0.3, -0.25) is 4.79 Å². The molecule has 0 bridgehead atoms. The molecule has 5 nitrogen and oxygen atoms in total. The molecule has 0 saturated heterocycles. The zero-order valence-electron chi connectivity index (χ0n) is 18.2. The fourth-order valence-corrected chi connectivity index (χ4v) is 4.16. The van der Waals surface area contributed by atoms with Crippen molar-refractivity contribution in [2.24, 2.45) is 0 Å². The number of phenolic OH excluding ortho intramolecular Hbond substituents is 1. The Morgan fingerprint density at radius 3 is 2.26 bits per heavy atom. The molecule has 3 N–H and O–H groups in total. The van der Waals surface area contributed by atoms with Crippen LogP contribution in [0.3, 0.4) is 0 Å². The van der Waals surface area contributed by atoms with Gasteiger partial charge in [0.05, 0.1) is 5.56 Å². The molecule has 1 heterocycles. The van der Waals surface area contributed by atoms with Crippen LogP contribution in [-0.2, 0) is 6.42 Å². The van der Waals surface area contributed by atoms with Gasteiger partial charge in [-0.15, -0.1) is 0 Å². The predicted octanol–water partition coefficient (Wildman–Crippen LogP) is 5.86. The van der Waals surface area contributed by atoms with Crippen LogP contribution >= 0.6 is 0 Å². The number of pyridine rings is 1. The molecule has 0 fully saturated rings. The van der Waals surface area contributed by atoms with Crippen LogP contribution in [0.4, 0.5) is 0 Å². The number of aromatic nitrogens is 1. The van der Waals surface area contributed by atoms with Crippen LogP contribution in [0.2, 0.25) is 0 Å². The van der Waals surface area contributed by atoms with Crippen LogP contribution in [0.25, 0.3) is 33.2 Å². The Morgan fingerprint density at radius 1 is 0.765 bits per heavy atom. The van der Waals surface area contributed by atoms with Gasteiger partial charge in [0, 0.05) is 23.1 Å². The number of fused-ring (bicyclic) bond motifs is 1. The summed E-state index contributed by atoms with van der Waals surface area (Å²) >= 11 is 0. The number of hydrogen-bond donors (Lipinski definition) is 3. The van der Waals surface area contributed by atoms with Crippen molar-refractivity contribution in [3.05, 3.63) is 124 Å². The molecule has 0 saturated carbocycles. The summed E-state index contributed by atoms with van der Waals surface area (Å²) < 4.78 is 0. The van der Waals surface area contributed by atoms with Crippen molar-refractivity contribution in [1.29, 1.82) is 0 Å². The van der Waals surface area contributed by atoms with E-state index in [9.17, 15) is 19.8 Å². The Hall–Kier alpha value is -4.64. The van der Waals surface area contributed by atoms with Gasteiger partial charge < -0.3 is 15.2 Å². The maximum atomic E-state index is 12.6. The summed E-state index contributed by atoms with van der Waals surface area (Å²) in [7, 11) is 0. The van der Waals surface area contributed by atoms with Gasteiger partial charge in [0.1, 0.15) is 5.75 Å². The van der Waals surface area contributed by atoms with E-state index in [2.05, 4.69) is 4.98 Å². The number of rotatable bonds is 5. The average Bonchev–Trinajstić information content (AvgIpc) is 2.85. The lowest BCUT2D eigenvalue weighted by Gasteiger charge is -2.09. The maximum absolute atomic E-state index is 12.6. The molecule has 0 aliphatic heterocycles. The van der Waals surface area contributed by atoms with Crippen molar-refractivity contribution in [3.8, 4) is 28.0 Å². The summed E-state index contributed by atoms with van der Waals surface area (Å²) in [5, 5.41) is 20.2. The van der Waals surface area contributed by atoms with E-state index >= 15 is 0 Å². The van der Waals surface area contributed by atoms with E-state index in [1.165, 1.54) is 6.07 Å². The topological polar surface area (TPSA) is 90.4 Å². The van der Waals surface area contributed by atoms with Crippen LogP contribution in [0.1, 0.15) is 21.5 Å². The van der Waals surface area contributed by atoms with Gasteiger partial charge in [0.25, 0.3) is 5.56 Å². The Bertz CT molecular complexity index is 1580. The fraction of sp³-hybridized carbons (Fsp3) is 0.0345. The molecule has 0 unspecified atom stereocenters. The Labute approximate surface area is 195 Å². The summed E-state index contributed by atoms with van der Waals surface area (Å²) in [4.78, 5) is 26.8. The summed E-state index contributed by atoms with van der Waals surface area (Å²) in [5.41, 5.74) is 5.81. The molecule has 0 radical (unpaired) electrons. The molecule has 0 amide bonds. The number of aromatic amines is 1. The van der Waals surface area contributed by atoms with Gasteiger partial charge in [-0.2, -0.15) is 0 Å². The van der Waals surface area contributed by atoms with Crippen LogP contribution < -0.4 is 5.56 Å². The third-order valence-corrected chi connectivity index (χ3v) is 5.92. The third-order valence-electron chi connectivity index (χ3n) is 5.92. The van der Waals surface area contributed by atoms with Crippen molar-refractivity contribution in [3.63, 3.8) is 0 Å². The number of benzene rings is 4. The van der Waals surface area contributed by atoms with Gasteiger partial charge in [-0.05, 0) is 64.0 Å². The second-order valence-corrected chi connectivity index (χ2v) is 8.20. The highest BCUT2D eigenvalue weighted by atomic mass is 16.4. The second-order valence-electron chi connectivity index (χ2n) is 8.20. The molecule has 4 aromatic carbocycles. The number of carboxylic acids is 1. The monoisotopic (exact) mass is 447 g/mol. The van der Waals surface area contributed by atoms with Gasteiger partial charge in [0.15, 0.2) is 0 Å². The number of aromatic carboxylic acids is 1. The molecule has 166 valence electrons. The molecular weight excluding hydrogens is 426 g/mol. The number of aromatic hydroxyl groups is 1. The molecule has 34 heavy (non-hydrogen) atoms. The van der Waals surface area contributed by atoms with Crippen LogP contribution in [0.5, 0.6) is 5.75 Å². The summed E-state index contributed by atoms with van der Waals surface area (Å²) in [6.45, 7) is 0. The van der Waals surface area contributed by atoms with Crippen molar-refractivity contribution in [2.75, 3.05) is 0 Å². The lowest BCUT2D eigenvalue weighted by molar-refractivity contribution is 0.0696. The first-order valence-corrected chi connectivity index (χ1v) is 10.8. The van der Waals surface area contributed by atoms with Gasteiger partial charge in [-0.1, -0.05) is 60.7 Å². The van der Waals surface area contributed by atoms with E-state index in [-0.39, 0.29) is 16.9 Å². The Balaban J connectivity index is 1.48. The van der Waals surface area contributed by atoms with Gasteiger partial charge in [0.2, 0.25) is 0 Å². The number of carbonyl (C=O) groups is 1. The van der Waals surface area contributed by atoms with E-state index in [0.717, 1.165) is 38.7 Å². The predicted molar refractivity (Wildman–Crippen MR) is 133 cm³/mol. The molecule has 0 atom stereocenters. The largest absolute Gasteiger partial charge is 0.507 e. The Kier molecular flexibility index (Phi) is 5.44. The first kappa shape index (κ1) is 21.2. The maximum Gasteiger partial charge on any atom is 0.335 e. The molecule has 0 aliphatic rings. The molecular formula is C29H21NO4. The minimum atomic E-state index is -0.993. The van der Waals surface area contributed by atoms with Crippen molar-refractivity contribution in [1.82, 2.24) is 4.98 Å². The zero-order valence-corrected chi connectivity index (χ0v) is 18.2. The number of para-hydroxylation sites is 1. The molecule has 0 aliphatic carbocycles. The van der Waals surface area contributed by atoms with E-state index in [1.807, 2.05) is 66.7 Å². The minimum absolute atomic E-state index is 0.187. The molecule has 5 rings (SSSR count). The highest BCUT2D eigenvalue weighted by molar-refractivity contribution is 5.88. The molecule has 5 aromatic rings. The van der Waals surface area contributed by atoms with E-state index in [1.54, 1.807) is 24.3 Å². The summed E-state index contributed by atoms with van der Waals surface area (Å²) in [6, 6.07) is 29.6. The third kappa shape index (κ3) is 4.19. The zero-order chi connectivity index (χ0) is 23.7. The first-order valence-electron chi connectivity index (χ1n) is 10.8. The fourth-order valence-electron chi connectivity index (χ4n) is 4.16. The first-order chi connectivity index (χ1) is 16.5. The van der Waals surface area contributed by atoms with Crippen molar-refractivity contribution >= 4 is 16.9 Å². The second kappa shape index (κ2) is 8.71. The normalized spacial score (nSPS) is 10.9. The highest BCUT2D eigenvalue weighted by Gasteiger charge is 2.09. The van der Waals surface area contributed by atoms with E-state index < -0.39 is 5.97 Å². The highest BCUT2D eigenvalue weighted by Crippen LogP contribution is 2.31. The van der Waals surface area contributed by atoms with Crippen molar-refractivity contribution in [2.45, 2.75) is 6.42 Å². The standard InChI is InChI=1S/C29H21NO4/c31-27-7-2-1-6-25(27)20-10-8-19(9-11-20)21-12-13-26-23(16-21)17-24(28(32)30-26)15-18-4-3-5-22(14-18)29(33)34/h1-14,16-17,31H,15H2,(H,30,32)(H,33,34). The lowest BCUT2D eigenvalue weighted by atomic mass is 9.98. The lowest BCUT2D eigenvalue weighted by Crippen LogP contribution is -2.13.